The molecule has 1 N–H and O–H groups in total. The lowest BCUT2D eigenvalue weighted by atomic mass is 10.1. The molecule has 8 heteroatoms. The first-order valence-electron chi connectivity index (χ1n) is 10.7. The number of aromatic nitrogens is 3. The van der Waals surface area contributed by atoms with Gasteiger partial charge in [0.1, 0.15) is 5.75 Å². The van der Waals surface area contributed by atoms with Gasteiger partial charge >= 0.3 is 0 Å². The summed E-state index contributed by atoms with van der Waals surface area (Å²) in [4.78, 5) is 12.8. The number of methoxy groups -OCH3 is 1. The smallest absolute Gasteiger partial charge is 0.234 e. The normalized spacial score (nSPS) is 10.9. The first-order valence-corrected chi connectivity index (χ1v) is 12.1. The molecule has 174 valence electrons. The molecular formula is C26H25ClN4O2S. The summed E-state index contributed by atoms with van der Waals surface area (Å²) in [6.45, 7) is 6.04. The second-order valence-electron chi connectivity index (χ2n) is 7.94. The molecule has 0 aliphatic heterocycles. The molecular weight excluding hydrogens is 468 g/mol. The minimum absolute atomic E-state index is 0.108. The molecule has 4 aromatic rings. The third-order valence-corrected chi connectivity index (χ3v) is 6.56. The Hall–Kier alpha value is -3.29. The zero-order valence-corrected chi connectivity index (χ0v) is 21.0. The van der Waals surface area contributed by atoms with Crippen LogP contribution in [0, 0.1) is 20.8 Å². The van der Waals surface area contributed by atoms with Crippen LogP contribution < -0.4 is 10.1 Å². The van der Waals surface area contributed by atoms with E-state index in [1.165, 1.54) is 17.3 Å². The van der Waals surface area contributed by atoms with Crippen molar-refractivity contribution in [2.45, 2.75) is 25.9 Å². The monoisotopic (exact) mass is 492 g/mol. The van der Waals surface area contributed by atoms with Gasteiger partial charge in [-0.2, -0.15) is 0 Å². The Morgan fingerprint density at radius 2 is 1.74 bits per heavy atom. The molecule has 1 aromatic heterocycles. The number of nitrogens with zero attached hydrogens (tertiary/aromatic N) is 3. The van der Waals surface area contributed by atoms with Crippen molar-refractivity contribution in [2.75, 3.05) is 18.2 Å². The average molecular weight is 493 g/mol. The van der Waals surface area contributed by atoms with Crippen LogP contribution in [0.4, 0.5) is 5.69 Å². The van der Waals surface area contributed by atoms with Gasteiger partial charge in [0.05, 0.1) is 23.6 Å². The number of thioether (sulfide) groups is 1. The minimum atomic E-state index is -0.108. The third-order valence-electron chi connectivity index (χ3n) is 5.33. The van der Waals surface area contributed by atoms with E-state index >= 15 is 0 Å². The molecule has 6 nitrogen and oxygen atoms in total. The van der Waals surface area contributed by atoms with Crippen LogP contribution in [0.15, 0.2) is 65.8 Å². The molecule has 0 aliphatic carbocycles. The number of carbonyl (C=O) groups excluding carboxylic acids is 1. The van der Waals surface area contributed by atoms with Crippen LogP contribution in [0.5, 0.6) is 5.75 Å². The van der Waals surface area contributed by atoms with Crippen LogP contribution in [0.1, 0.15) is 16.7 Å². The van der Waals surface area contributed by atoms with Crippen LogP contribution in [0.2, 0.25) is 5.02 Å². The molecule has 0 bridgehead atoms. The summed E-state index contributed by atoms with van der Waals surface area (Å²) >= 11 is 7.72. The number of nitrogens with one attached hydrogen (secondary N) is 1. The Morgan fingerprint density at radius 3 is 2.38 bits per heavy atom. The summed E-state index contributed by atoms with van der Waals surface area (Å²) in [5.41, 5.74) is 5.79. The van der Waals surface area contributed by atoms with E-state index in [9.17, 15) is 4.79 Å². The van der Waals surface area contributed by atoms with E-state index in [1.807, 2.05) is 61.7 Å². The van der Waals surface area contributed by atoms with Crippen LogP contribution in [-0.2, 0) is 4.79 Å². The van der Waals surface area contributed by atoms with Crippen molar-refractivity contribution in [1.29, 1.82) is 0 Å². The Balaban J connectivity index is 1.63. The molecule has 1 amide bonds. The summed E-state index contributed by atoms with van der Waals surface area (Å²) < 4.78 is 7.20. The molecule has 0 unspecified atom stereocenters. The van der Waals surface area contributed by atoms with E-state index in [-0.39, 0.29) is 11.7 Å². The number of hydrogen-bond acceptors (Lipinski definition) is 5. The van der Waals surface area contributed by atoms with Crippen molar-refractivity contribution in [3.8, 4) is 22.8 Å². The van der Waals surface area contributed by atoms with Gasteiger partial charge in [-0.1, -0.05) is 71.4 Å². The zero-order chi connectivity index (χ0) is 24.2. The molecule has 0 fully saturated rings. The van der Waals surface area contributed by atoms with E-state index in [0.29, 0.717) is 21.8 Å². The van der Waals surface area contributed by atoms with E-state index < -0.39 is 0 Å². The van der Waals surface area contributed by atoms with Gasteiger partial charge in [-0.3, -0.25) is 9.36 Å². The number of halogens is 1. The van der Waals surface area contributed by atoms with Crippen molar-refractivity contribution in [1.82, 2.24) is 14.8 Å². The first kappa shape index (κ1) is 23.9. The maximum Gasteiger partial charge on any atom is 0.234 e. The highest BCUT2D eigenvalue weighted by molar-refractivity contribution is 7.99. The average Bonchev–Trinajstić information content (AvgIpc) is 3.24. The van der Waals surface area contributed by atoms with Crippen molar-refractivity contribution < 1.29 is 9.53 Å². The molecule has 0 radical (unpaired) electrons. The van der Waals surface area contributed by atoms with Crippen molar-refractivity contribution in [3.05, 3.63) is 82.4 Å². The predicted molar refractivity (Wildman–Crippen MR) is 138 cm³/mol. The Kier molecular flexibility index (Phi) is 7.24. The van der Waals surface area contributed by atoms with Gasteiger partial charge in [0.2, 0.25) is 5.91 Å². The lowest BCUT2D eigenvalue weighted by Crippen LogP contribution is -2.16. The van der Waals surface area contributed by atoms with Gasteiger partial charge in [0.15, 0.2) is 11.0 Å². The van der Waals surface area contributed by atoms with E-state index in [2.05, 4.69) is 27.6 Å². The lowest BCUT2D eigenvalue weighted by molar-refractivity contribution is -0.113. The lowest BCUT2D eigenvalue weighted by Gasteiger charge is -2.14. The summed E-state index contributed by atoms with van der Waals surface area (Å²) in [6, 6.07) is 19.4. The summed E-state index contributed by atoms with van der Waals surface area (Å²) in [5.74, 6) is 1.32. The fourth-order valence-electron chi connectivity index (χ4n) is 3.85. The SMILES string of the molecule is COc1ccc(-n2c(SCC(=O)Nc3c(C)cc(C)cc3C)nnc2-c2ccccc2)cc1Cl. The van der Waals surface area contributed by atoms with Crippen LogP contribution in [0.3, 0.4) is 0 Å². The van der Waals surface area contributed by atoms with E-state index in [0.717, 1.165) is 28.1 Å². The largest absolute Gasteiger partial charge is 0.495 e. The molecule has 34 heavy (non-hydrogen) atoms. The Labute approximate surface area is 208 Å². The number of anilines is 1. The number of ether oxygens (including phenoxy) is 1. The number of aryl methyl sites for hydroxylation is 3. The minimum Gasteiger partial charge on any atom is -0.495 e. The second kappa shape index (κ2) is 10.3. The number of benzene rings is 3. The van der Waals surface area contributed by atoms with Crippen molar-refractivity contribution in [3.63, 3.8) is 0 Å². The van der Waals surface area contributed by atoms with Gasteiger partial charge in [0, 0.05) is 11.3 Å². The molecule has 0 atom stereocenters. The van der Waals surface area contributed by atoms with Gasteiger partial charge in [-0.15, -0.1) is 10.2 Å². The highest BCUT2D eigenvalue weighted by Gasteiger charge is 2.19. The predicted octanol–water partition coefficient (Wildman–Crippen LogP) is 6.25. The Morgan fingerprint density at radius 1 is 1.03 bits per heavy atom. The van der Waals surface area contributed by atoms with Gasteiger partial charge < -0.3 is 10.1 Å². The molecule has 1 heterocycles. The number of hydrogen-bond donors (Lipinski definition) is 1. The molecule has 4 rings (SSSR count). The maximum absolute atomic E-state index is 12.8. The molecule has 3 aromatic carbocycles. The molecule has 0 aliphatic rings. The molecule has 0 saturated carbocycles. The standard InChI is InChI=1S/C26H25ClN4O2S/c1-16-12-17(2)24(18(3)13-16)28-23(32)15-34-26-30-29-25(19-8-6-5-7-9-19)31(26)20-10-11-22(33-4)21(27)14-20/h5-14H,15H2,1-4H3,(H,28,32). The molecule has 0 saturated heterocycles. The Bertz CT molecular complexity index is 1320. The quantitative estimate of drug-likeness (QED) is 0.309. The fraction of sp³-hybridized carbons (Fsp3) is 0.192. The summed E-state index contributed by atoms with van der Waals surface area (Å²) in [6.07, 6.45) is 0. The highest BCUT2D eigenvalue weighted by atomic mass is 35.5. The zero-order valence-electron chi connectivity index (χ0n) is 19.4. The van der Waals surface area contributed by atoms with Crippen molar-refractivity contribution in [2.24, 2.45) is 0 Å². The first-order chi connectivity index (χ1) is 16.4. The maximum atomic E-state index is 12.8. The van der Waals surface area contributed by atoms with Crippen LogP contribution >= 0.6 is 23.4 Å². The molecule has 0 spiro atoms. The van der Waals surface area contributed by atoms with Crippen molar-refractivity contribution >= 4 is 35.0 Å². The summed E-state index contributed by atoms with van der Waals surface area (Å²) in [5, 5.41) is 12.9. The second-order valence-corrected chi connectivity index (χ2v) is 9.29. The number of carbonyl (C=O) groups is 1. The topological polar surface area (TPSA) is 69.0 Å². The van der Waals surface area contributed by atoms with Crippen LogP contribution in [0.25, 0.3) is 17.1 Å². The van der Waals surface area contributed by atoms with Crippen LogP contribution in [-0.4, -0.2) is 33.5 Å². The number of amides is 1. The summed E-state index contributed by atoms with van der Waals surface area (Å²) in [7, 11) is 1.58. The fourth-order valence-corrected chi connectivity index (χ4v) is 4.85. The van der Waals surface area contributed by atoms with Gasteiger partial charge in [-0.25, -0.2) is 0 Å². The van der Waals surface area contributed by atoms with E-state index in [1.54, 1.807) is 19.2 Å². The van der Waals surface area contributed by atoms with Gasteiger partial charge in [-0.05, 0) is 50.1 Å². The van der Waals surface area contributed by atoms with Gasteiger partial charge in [0.25, 0.3) is 0 Å². The van der Waals surface area contributed by atoms with E-state index in [4.69, 9.17) is 16.3 Å². The third kappa shape index (κ3) is 5.11. The number of rotatable bonds is 7. The highest BCUT2D eigenvalue weighted by Crippen LogP contribution is 2.32.